The van der Waals surface area contributed by atoms with E-state index >= 15 is 0 Å². The molecule has 0 saturated heterocycles. The lowest BCUT2D eigenvalue weighted by Crippen LogP contribution is -2.03. The molecule has 1 unspecified atom stereocenters. The summed E-state index contributed by atoms with van der Waals surface area (Å²) in [7, 11) is 0. The Hall–Kier alpha value is -1.59. The van der Waals surface area contributed by atoms with E-state index in [9.17, 15) is 5.11 Å². The zero-order valence-electron chi connectivity index (χ0n) is 11.9. The number of ether oxygens (including phenoxy) is 2. The van der Waals surface area contributed by atoms with Crippen LogP contribution in [0.2, 0.25) is 0 Å². The van der Waals surface area contributed by atoms with E-state index in [4.69, 9.17) is 9.47 Å². The van der Waals surface area contributed by atoms with Crippen LogP contribution in [0.1, 0.15) is 36.2 Å². The summed E-state index contributed by atoms with van der Waals surface area (Å²) in [4.78, 5) is 4.32. The van der Waals surface area contributed by atoms with Gasteiger partial charge in [0.05, 0.1) is 23.9 Å². The Morgan fingerprint density at radius 2 is 1.90 bits per heavy atom. The summed E-state index contributed by atoms with van der Waals surface area (Å²) in [5, 5.41) is 13.2. The summed E-state index contributed by atoms with van der Waals surface area (Å²) in [5.41, 5.74) is 1.42. The van der Waals surface area contributed by atoms with Crippen molar-refractivity contribution in [2.45, 2.75) is 26.9 Å². The molecule has 2 rings (SSSR count). The molecule has 0 amide bonds. The predicted octanol–water partition coefficient (Wildman–Crippen LogP) is 3.33. The van der Waals surface area contributed by atoms with E-state index in [2.05, 4.69) is 4.98 Å². The van der Waals surface area contributed by atoms with Crippen molar-refractivity contribution in [2.75, 3.05) is 13.2 Å². The molecule has 20 heavy (non-hydrogen) atoms. The van der Waals surface area contributed by atoms with Gasteiger partial charge in [-0.15, -0.1) is 11.3 Å². The van der Waals surface area contributed by atoms with Crippen molar-refractivity contribution in [3.63, 3.8) is 0 Å². The summed E-state index contributed by atoms with van der Waals surface area (Å²) in [6.45, 7) is 6.90. The van der Waals surface area contributed by atoms with Crippen molar-refractivity contribution < 1.29 is 14.6 Å². The van der Waals surface area contributed by atoms with Gasteiger partial charge >= 0.3 is 0 Å². The first kappa shape index (κ1) is 14.8. The Balaban J connectivity index is 2.29. The summed E-state index contributed by atoms with van der Waals surface area (Å²) in [6.07, 6.45) is -0.741. The smallest absolute Gasteiger partial charge is 0.161 e. The second-order valence-corrected chi connectivity index (χ2v) is 5.33. The molecule has 108 valence electrons. The van der Waals surface area contributed by atoms with Gasteiger partial charge in [-0.2, -0.15) is 0 Å². The van der Waals surface area contributed by atoms with Gasteiger partial charge in [-0.05, 0) is 38.5 Å². The van der Waals surface area contributed by atoms with E-state index in [0.29, 0.717) is 30.4 Å². The van der Waals surface area contributed by atoms with Crippen LogP contribution in [0.4, 0.5) is 0 Å². The van der Waals surface area contributed by atoms with Crippen LogP contribution >= 0.6 is 11.3 Å². The predicted molar refractivity (Wildman–Crippen MR) is 79.7 cm³/mol. The number of aliphatic hydroxyl groups is 1. The number of nitrogens with zero attached hydrogens (tertiary/aromatic N) is 1. The highest BCUT2D eigenvalue weighted by molar-refractivity contribution is 7.09. The average Bonchev–Trinajstić information content (AvgIpc) is 2.87. The zero-order chi connectivity index (χ0) is 14.5. The van der Waals surface area contributed by atoms with Gasteiger partial charge in [0.15, 0.2) is 11.5 Å². The highest BCUT2D eigenvalue weighted by Gasteiger charge is 2.16. The Morgan fingerprint density at radius 1 is 1.20 bits per heavy atom. The molecule has 0 radical (unpaired) electrons. The van der Waals surface area contributed by atoms with Gasteiger partial charge in [-0.1, -0.05) is 6.07 Å². The monoisotopic (exact) mass is 293 g/mol. The van der Waals surface area contributed by atoms with Gasteiger partial charge in [0, 0.05) is 5.38 Å². The number of aromatic nitrogens is 1. The SMILES string of the molecule is CCOc1ccc(C(O)c2csc(C)n2)cc1OCC. The van der Waals surface area contributed by atoms with Crippen LogP contribution < -0.4 is 9.47 Å². The molecule has 0 fully saturated rings. The second kappa shape index (κ2) is 6.72. The van der Waals surface area contributed by atoms with E-state index < -0.39 is 6.10 Å². The van der Waals surface area contributed by atoms with Crippen LogP contribution in [0, 0.1) is 6.92 Å². The van der Waals surface area contributed by atoms with Gasteiger partial charge in [-0.3, -0.25) is 0 Å². The fourth-order valence-corrected chi connectivity index (χ4v) is 2.55. The molecule has 0 aliphatic carbocycles. The Labute approximate surface area is 123 Å². The quantitative estimate of drug-likeness (QED) is 0.887. The standard InChI is InChI=1S/C15H19NO3S/c1-4-18-13-7-6-11(8-14(13)19-5-2)15(17)12-9-20-10(3)16-12/h6-9,15,17H,4-5H2,1-3H3. The van der Waals surface area contributed by atoms with E-state index in [0.717, 1.165) is 10.6 Å². The van der Waals surface area contributed by atoms with E-state index in [1.54, 1.807) is 0 Å². The average molecular weight is 293 g/mol. The lowest BCUT2D eigenvalue weighted by Gasteiger charge is -2.14. The topological polar surface area (TPSA) is 51.6 Å². The molecule has 0 aliphatic rings. The number of hydrogen-bond acceptors (Lipinski definition) is 5. The van der Waals surface area contributed by atoms with Gasteiger partial charge in [0.25, 0.3) is 0 Å². The highest BCUT2D eigenvalue weighted by atomic mass is 32.1. The van der Waals surface area contributed by atoms with E-state index in [1.165, 1.54) is 11.3 Å². The van der Waals surface area contributed by atoms with Crippen LogP contribution in [-0.2, 0) is 0 Å². The van der Waals surface area contributed by atoms with Crippen molar-refractivity contribution >= 4 is 11.3 Å². The van der Waals surface area contributed by atoms with Crippen LogP contribution in [0.15, 0.2) is 23.6 Å². The van der Waals surface area contributed by atoms with Crippen molar-refractivity contribution in [2.24, 2.45) is 0 Å². The van der Waals surface area contributed by atoms with Crippen LogP contribution in [0.3, 0.4) is 0 Å². The third kappa shape index (κ3) is 3.29. The molecule has 2 aromatic rings. The number of benzene rings is 1. The minimum atomic E-state index is -0.741. The fraction of sp³-hybridized carbons (Fsp3) is 0.400. The zero-order valence-corrected chi connectivity index (χ0v) is 12.7. The van der Waals surface area contributed by atoms with E-state index in [-0.39, 0.29) is 0 Å². The molecule has 0 aliphatic heterocycles. The molecule has 1 aromatic heterocycles. The molecule has 5 heteroatoms. The first-order chi connectivity index (χ1) is 9.65. The molecule has 0 bridgehead atoms. The maximum absolute atomic E-state index is 10.4. The van der Waals surface area contributed by atoms with Gasteiger partial charge in [0.1, 0.15) is 6.10 Å². The lowest BCUT2D eigenvalue weighted by atomic mass is 10.1. The minimum Gasteiger partial charge on any atom is -0.490 e. The maximum Gasteiger partial charge on any atom is 0.161 e. The normalized spacial score (nSPS) is 12.2. The molecular weight excluding hydrogens is 274 g/mol. The summed E-state index contributed by atoms with van der Waals surface area (Å²) in [5.74, 6) is 1.35. The molecule has 4 nitrogen and oxygen atoms in total. The summed E-state index contributed by atoms with van der Waals surface area (Å²) in [6, 6.07) is 5.48. The van der Waals surface area contributed by atoms with Crippen molar-refractivity contribution in [1.82, 2.24) is 4.98 Å². The van der Waals surface area contributed by atoms with Gasteiger partial charge in [-0.25, -0.2) is 4.98 Å². The third-order valence-corrected chi connectivity index (χ3v) is 3.59. The number of aryl methyl sites for hydroxylation is 1. The van der Waals surface area contributed by atoms with Crippen LogP contribution in [-0.4, -0.2) is 23.3 Å². The molecule has 1 heterocycles. The third-order valence-electron chi connectivity index (χ3n) is 2.80. The van der Waals surface area contributed by atoms with Crippen molar-refractivity contribution in [3.8, 4) is 11.5 Å². The van der Waals surface area contributed by atoms with E-state index in [1.807, 2.05) is 44.4 Å². The van der Waals surface area contributed by atoms with Crippen LogP contribution in [0.25, 0.3) is 0 Å². The second-order valence-electron chi connectivity index (χ2n) is 4.27. The molecule has 0 saturated carbocycles. The van der Waals surface area contributed by atoms with Gasteiger partial charge < -0.3 is 14.6 Å². The molecule has 0 spiro atoms. The fourth-order valence-electron chi connectivity index (χ4n) is 1.91. The first-order valence-electron chi connectivity index (χ1n) is 6.65. The molecular formula is C15H19NO3S. The van der Waals surface area contributed by atoms with Crippen LogP contribution in [0.5, 0.6) is 11.5 Å². The number of hydrogen-bond donors (Lipinski definition) is 1. The Kier molecular flexibility index (Phi) is 4.98. The Bertz CT molecular complexity index is 568. The number of thiazole rings is 1. The number of aliphatic hydroxyl groups excluding tert-OH is 1. The maximum atomic E-state index is 10.4. The molecule has 1 N–H and O–H groups in total. The van der Waals surface area contributed by atoms with Gasteiger partial charge in [0.2, 0.25) is 0 Å². The molecule has 1 atom stereocenters. The summed E-state index contributed by atoms with van der Waals surface area (Å²) < 4.78 is 11.1. The minimum absolute atomic E-state index is 0.551. The summed E-state index contributed by atoms with van der Waals surface area (Å²) >= 11 is 1.53. The van der Waals surface area contributed by atoms with Crippen molar-refractivity contribution in [3.05, 3.63) is 39.8 Å². The largest absolute Gasteiger partial charge is 0.490 e. The Morgan fingerprint density at radius 3 is 2.50 bits per heavy atom. The first-order valence-corrected chi connectivity index (χ1v) is 7.53. The molecule has 1 aromatic carbocycles. The highest BCUT2D eigenvalue weighted by Crippen LogP contribution is 2.33. The number of rotatable bonds is 6. The lowest BCUT2D eigenvalue weighted by molar-refractivity contribution is 0.214. The van der Waals surface area contributed by atoms with Crippen molar-refractivity contribution in [1.29, 1.82) is 0 Å².